The van der Waals surface area contributed by atoms with Crippen molar-refractivity contribution in [3.63, 3.8) is 0 Å². The molecular formula is C25H29F3N2O5S. The molecule has 2 amide bonds. The van der Waals surface area contributed by atoms with Gasteiger partial charge in [0, 0.05) is 23.5 Å². The van der Waals surface area contributed by atoms with Gasteiger partial charge in [-0.1, -0.05) is 6.07 Å². The molecule has 0 saturated heterocycles. The number of carboxylic acids is 1. The van der Waals surface area contributed by atoms with E-state index in [0.717, 1.165) is 0 Å². The molecule has 0 saturated carbocycles. The Bertz CT molecular complexity index is 1150. The van der Waals surface area contributed by atoms with Crippen LogP contribution in [-0.4, -0.2) is 66.1 Å². The number of alkyl halides is 2. The Morgan fingerprint density at radius 3 is 2.47 bits per heavy atom. The molecule has 0 unspecified atom stereocenters. The summed E-state index contributed by atoms with van der Waals surface area (Å²) in [5, 5.41) is 11.6. The van der Waals surface area contributed by atoms with Crippen LogP contribution in [-0.2, 0) is 20.8 Å². The summed E-state index contributed by atoms with van der Waals surface area (Å²) in [6.07, 6.45) is 2.84. The fraction of sp³-hybridized carbons (Fsp3) is 0.400. The van der Waals surface area contributed by atoms with Crippen molar-refractivity contribution in [2.45, 2.75) is 36.6 Å². The molecule has 0 bridgehead atoms. The lowest BCUT2D eigenvalue weighted by Crippen LogP contribution is -2.45. The summed E-state index contributed by atoms with van der Waals surface area (Å²) >= 11 is 0. The topological polar surface area (TPSA) is 95.9 Å². The quantitative estimate of drug-likeness (QED) is 0.503. The normalized spacial score (nSPS) is 15.9. The van der Waals surface area contributed by atoms with Gasteiger partial charge in [0.1, 0.15) is 24.2 Å². The highest BCUT2D eigenvalue weighted by Gasteiger charge is 2.36. The molecule has 11 heteroatoms. The van der Waals surface area contributed by atoms with Crippen molar-refractivity contribution in [1.82, 2.24) is 4.90 Å². The SMILES string of the molecule is CS(C)(C)c1ccc(NC(=O)[C@H]2c3ccc(OCC(F)F)cc3CCN2C(=O)CCC(=O)O)cc1F. The number of hydrogen-bond acceptors (Lipinski definition) is 4. The Hall–Kier alpha value is -3.21. The fourth-order valence-corrected chi connectivity index (χ4v) is 5.17. The van der Waals surface area contributed by atoms with Crippen LogP contribution in [0.5, 0.6) is 5.75 Å². The van der Waals surface area contributed by atoms with Gasteiger partial charge in [0.2, 0.25) is 5.91 Å². The molecule has 1 aliphatic heterocycles. The van der Waals surface area contributed by atoms with Crippen LogP contribution in [0.4, 0.5) is 18.9 Å². The molecule has 1 heterocycles. The average Bonchev–Trinajstić information content (AvgIpc) is 2.79. The van der Waals surface area contributed by atoms with Gasteiger partial charge in [0.05, 0.1) is 6.42 Å². The van der Waals surface area contributed by atoms with Gasteiger partial charge >= 0.3 is 5.97 Å². The number of carbonyl (C=O) groups is 3. The number of rotatable bonds is 9. The molecule has 3 rings (SSSR count). The second kappa shape index (κ2) is 11.2. The summed E-state index contributed by atoms with van der Waals surface area (Å²) in [5.41, 5.74) is 1.32. The fourth-order valence-electron chi connectivity index (χ4n) is 4.05. The number of ether oxygens (including phenoxy) is 1. The van der Waals surface area contributed by atoms with E-state index in [9.17, 15) is 27.6 Å². The summed E-state index contributed by atoms with van der Waals surface area (Å²) in [6, 6.07) is 7.85. The van der Waals surface area contributed by atoms with E-state index in [4.69, 9.17) is 9.84 Å². The molecule has 36 heavy (non-hydrogen) atoms. The van der Waals surface area contributed by atoms with Gasteiger partial charge in [-0.3, -0.25) is 14.4 Å². The zero-order valence-corrected chi connectivity index (χ0v) is 21.0. The molecule has 0 fully saturated rings. The molecule has 2 aromatic rings. The monoisotopic (exact) mass is 526 g/mol. The Kier molecular flexibility index (Phi) is 8.55. The minimum absolute atomic E-state index is 0.114. The lowest BCUT2D eigenvalue weighted by atomic mass is 9.91. The van der Waals surface area contributed by atoms with Crippen LogP contribution in [0, 0.1) is 5.82 Å². The van der Waals surface area contributed by atoms with E-state index in [-0.39, 0.29) is 24.4 Å². The van der Waals surface area contributed by atoms with Crippen molar-refractivity contribution in [1.29, 1.82) is 0 Å². The van der Waals surface area contributed by atoms with Gasteiger partial charge in [0.25, 0.3) is 12.3 Å². The van der Waals surface area contributed by atoms with Crippen LogP contribution in [0.15, 0.2) is 41.3 Å². The number of anilines is 1. The van der Waals surface area contributed by atoms with E-state index in [1.807, 2.05) is 18.8 Å². The maximum absolute atomic E-state index is 14.7. The van der Waals surface area contributed by atoms with E-state index >= 15 is 0 Å². The summed E-state index contributed by atoms with van der Waals surface area (Å²) in [7, 11) is -1.33. The molecule has 2 N–H and O–H groups in total. The second-order valence-corrected chi connectivity index (χ2v) is 13.3. The third kappa shape index (κ3) is 6.71. The molecule has 7 nitrogen and oxygen atoms in total. The van der Waals surface area contributed by atoms with Crippen molar-refractivity contribution in [3.8, 4) is 5.75 Å². The Balaban J connectivity index is 1.91. The van der Waals surface area contributed by atoms with Crippen molar-refractivity contribution in [2.75, 3.05) is 37.2 Å². The lowest BCUT2D eigenvalue weighted by molar-refractivity contribution is -0.143. The number of fused-ring (bicyclic) bond motifs is 1. The Morgan fingerprint density at radius 1 is 1.14 bits per heavy atom. The average molecular weight is 527 g/mol. The Labute approximate surface area is 208 Å². The predicted molar refractivity (Wildman–Crippen MR) is 132 cm³/mol. The van der Waals surface area contributed by atoms with E-state index in [2.05, 4.69) is 5.32 Å². The highest BCUT2D eigenvalue weighted by Crippen LogP contribution is 2.47. The first-order chi connectivity index (χ1) is 16.9. The molecular weight excluding hydrogens is 497 g/mol. The minimum Gasteiger partial charge on any atom is -0.488 e. The molecule has 0 spiro atoms. The summed E-state index contributed by atoms with van der Waals surface area (Å²) in [5.74, 6) is -2.50. The zero-order chi connectivity index (χ0) is 26.6. The van der Waals surface area contributed by atoms with Crippen LogP contribution in [0.1, 0.15) is 30.0 Å². The number of carbonyl (C=O) groups excluding carboxylic acids is 2. The summed E-state index contributed by atoms with van der Waals surface area (Å²) in [6.45, 7) is -0.664. The predicted octanol–water partition coefficient (Wildman–Crippen LogP) is 4.45. The molecule has 0 aromatic heterocycles. The van der Waals surface area contributed by atoms with Gasteiger partial charge in [-0.25, -0.2) is 23.2 Å². The molecule has 0 radical (unpaired) electrons. The van der Waals surface area contributed by atoms with Crippen LogP contribution >= 0.6 is 10.0 Å². The van der Waals surface area contributed by atoms with E-state index in [1.165, 1.54) is 23.1 Å². The van der Waals surface area contributed by atoms with Gasteiger partial charge < -0.3 is 20.1 Å². The van der Waals surface area contributed by atoms with Crippen LogP contribution < -0.4 is 10.1 Å². The van der Waals surface area contributed by atoms with Crippen molar-refractivity contribution in [2.24, 2.45) is 0 Å². The van der Waals surface area contributed by atoms with Crippen LogP contribution in [0.2, 0.25) is 0 Å². The van der Waals surface area contributed by atoms with Crippen LogP contribution in [0.25, 0.3) is 0 Å². The number of hydrogen-bond donors (Lipinski definition) is 2. The Morgan fingerprint density at radius 2 is 1.86 bits per heavy atom. The van der Waals surface area contributed by atoms with E-state index in [1.54, 1.807) is 18.2 Å². The third-order valence-corrected chi connectivity index (χ3v) is 7.35. The van der Waals surface area contributed by atoms with Crippen molar-refractivity contribution >= 4 is 33.5 Å². The van der Waals surface area contributed by atoms with Crippen molar-refractivity contribution < 1.29 is 37.4 Å². The molecule has 196 valence electrons. The maximum Gasteiger partial charge on any atom is 0.303 e. The minimum atomic E-state index is -2.64. The van der Waals surface area contributed by atoms with Gasteiger partial charge in [-0.15, -0.1) is 0 Å². The van der Waals surface area contributed by atoms with Gasteiger partial charge in [0.15, 0.2) is 0 Å². The number of nitrogens with one attached hydrogen (secondary N) is 1. The van der Waals surface area contributed by atoms with Crippen molar-refractivity contribution in [3.05, 3.63) is 53.3 Å². The molecule has 1 atom stereocenters. The number of carboxylic acid groups (broad SMARTS) is 1. The smallest absolute Gasteiger partial charge is 0.303 e. The first-order valence-electron chi connectivity index (χ1n) is 11.2. The van der Waals surface area contributed by atoms with E-state index in [0.29, 0.717) is 22.4 Å². The summed E-state index contributed by atoms with van der Waals surface area (Å²) in [4.78, 5) is 39.1. The highest BCUT2D eigenvalue weighted by molar-refractivity contribution is 8.32. The number of amides is 2. The lowest BCUT2D eigenvalue weighted by Gasteiger charge is -2.36. The number of aliphatic carboxylic acids is 1. The van der Waals surface area contributed by atoms with Gasteiger partial charge in [-0.2, -0.15) is 0 Å². The number of nitrogens with zero attached hydrogens (tertiary/aromatic N) is 1. The zero-order valence-electron chi connectivity index (χ0n) is 20.2. The number of benzene rings is 2. The van der Waals surface area contributed by atoms with E-state index < -0.39 is 59.1 Å². The molecule has 1 aliphatic rings. The van der Waals surface area contributed by atoms with Crippen LogP contribution in [0.3, 0.4) is 0 Å². The first-order valence-corrected chi connectivity index (χ1v) is 14.1. The third-order valence-electron chi connectivity index (χ3n) is 5.70. The largest absolute Gasteiger partial charge is 0.488 e. The number of halogens is 3. The standard InChI is InChI=1S/C25H29F3N2O5S/c1-36(2,3)20-7-4-16(13-19(20)26)29-25(34)24-18-6-5-17(35-14-21(27)28)12-15(18)10-11-30(24)22(31)8-9-23(32)33/h4-7,12-13,21,24H,8-11,14H2,1-3H3,(H,29,34)(H,32,33)/t24-/m1/s1. The summed E-state index contributed by atoms with van der Waals surface area (Å²) < 4.78 is 44.9. The second-order valence-electron chi connectivity index (χ2n) is 9.17. The molecule has 2 aromatic carbocycles. The maximum atomic E-state index is 14.7. The highest BCUT2D eigenvalue weighted by atomic mass is 32.3. The molecule has 0 aliphatic carbocycles. The van der Waals surface area contributed by atoms with Gasteiger partial charge in [-0.05, 0) is 66.6 Å². The first kappa shape index (κ1) is 27.4.